The molecule has 1 heterocycles. The predicted molar refractivity (Wildman–Crippen MR) is 104 cm³/mol. The van der Waals surface area contributed by atoms with E-state index >= 15 is 0 Å². The van der Waals surface area contributed by atoms with Crippen molar-refractivity contribution in [2.24, 2.45) is 5.10 Å². The Hall–Kier alpha value is -2.80. The third kappa shape index (κ3) is 4.60. The third-order valence-corrected chi connectivity index (χ3v) is 3.91. The van der Waals surface area contributed by atoms with Crippen LogP contribution in [0.3, 0.4) is 0 Å². The summed E-state index contributed by atoms with van der Waals surface area (Å²) in [5, 5.41) is 7.71. The van der Waals surface area contributed by atoms with Gasteiger partial charge in [0.15, 0.2) is 16.6 Å². The Bertz CT molecular complexity index is 775. The fraction of sp³-hybridized carbons (Fsp3) is 0.222. The van der Waals surface area contributed by atoms with Crippen LogP contribution in [0, 0.1) is 0 Å². The molecule has 0 radical (unpaired) electrons. The van der Waals surface area contributed by atoms with Crippen molar-refractivity contribution in [3.05, 3.63) is 53.6 Å². The molecule has 0 unspecified atom stereocenters. The molecule has 7 heteroatoms. The van der Waals surface area contributed by atoms with Gasteiger partial charge in [-0.2, -0.15) is 5.10 Å². The fourth-order valence-corrected chi connectivity index (χ4v) is 2.42. The molecule has 2 aromatic rings. The Morgan fingerprint density at radius 3 is 2.68 bits per heavy atom. The number of fused-ring (bicyclic) bond motifs is 1. The van der Waals surface area contributed by atoms with Crippen molar-refractivity contribution >= 4 is 29.2 Å². The maximum atomic E-state index is 5.36. The molecule has 0 aliphatic carbocycles. The molecule has 0 spiro atoms. The van der Waals surface area contributed by atoms with Crippen molar-refractivity contribution < 1.29 is 9.47 Å². The van der Waals surface area contributed by atoms with E-state index in [2.05, 4.69) is 15.8 Å². The molecule has 0 aromatic heterocycles. The number of rotatable bonds is 5. The lowest BCUT2D eigenvalue weighted by molar-refractivity contribution is 0.174. The summed E-state index contributed by atoms with van der Waals surface area (Å²) >= 11 is 5.22. The van der Waals surface area contributed by atoms with Crippen LogP contribution >= 0.6 is 12.2 Å². The number of nitrogens with zero attached hydrogens (tertiary/aromatic N) is 2. The maximum absolute atomic E-state index is 5.36. The first-order chi connectivity index (χ1) is 12.1. The van der Waals surface area contributed by atoms with Crippen molar-refractivity contribution in [2.75, 3.05) is 25.8 Å². The molecule has 0 bridgehead atoms. The average Bonchev–Trinajstić information content (AvgIpc) is 3.08. The molecule has 2 aromatic carbocycles. The molecule has 2 N–H and O–H groups in total. The van der Waals surface area contributed by atoms with Gasteiger partial charge in [0.1, 0.15) is 0 Å². The number of hydrogen-bond acceptors (Lipinski definition) is 5. The number of benzene rings is 2. The van der Waals surface area contributed by atoms with Crippen molar-refractivity contribution in [3.63, 3.8) is 0 Å². The standard InChI is InChI=1S/C18H20N4O2S/c1-22(2)15-6-3-13(4-7-15)11-20-21-18(25)19-10-14-5-8-16-17(9-14)24-12-23-16/h3-9,11H,10,12H2,1-2H3,(H2,19,21,25)/b20-11-. The van der Waals surface area contributed by atoms with Crippen LogP contribution in [0.2, 0.25) is 0 Å². The summed E-state index contributed by atoms with van der Waals surface area (Å²) in [4.78, 5) is 2.05. The molecular formula is C18H20N4O2S. The fourth-order valence-electron chi connectivity index (χ4n) is 2.30. The summed E-state index contributed by atoms with van der Waals surface area (Å²) in [5.74, 6) is 1.53. The third-order valence-electron chi connectivity index (χ3n) is 3.68. The molecule has 6 nitrogen and oxygen atoms in total. The molecule has 3 rings (SSSR count). The lowest BCUT2D eigenvalue weighted by Crippen LogP contribution is -2.31. The Kier molecular flexibility index (Phi) is 5.35. The van der Waals surface area contributed by atoms with Crippen LogP contribution in [-0.2, 0) is 6.54 Å². The number of thiocarbonyl (C=S) groups is 1. The van der Waals surface area contributed by atoms with Gasteiger partial charge in [0.25, 0.3) is 0 Å². The summed E-state index contributed by atoms with van der Waals surface area (Å²) in [5.41, 5.74) is 6.01. The van der Waals surface area contributed by atoms with Crippen LogP contribution in [0.25, 0.3) is 0 Å². The molecule has 0 fully saturated rings. The zero-order valence-electron chi connectivity index (χ0n) is 14.2. The zero-order valence-corrected chi connectivity index (χ0v) is 15.0. The molecule has 1 aliphatic heterocycles. The van der Waals surface area contributed by atoms with Gasteiger partial charge in [-0.3, -0.25) is 5.43 Å². The highest BCUT2D eigenvalue weighted by atomic mass is 32.1. The molecule has 0 saturated carbocycles. The highest BCUT2D eigenvalue weighted by Gasteiger charge is 2.12. The summed E-state index contributed by atoms with van der Waals surface area (Å²) in [6.45, 7) is 0.853. The molecule has 1 aliphatic rings. The second-order valence-electron chi connectivity index (χ2n) is 5.73. The summed E-state index contributed by atoms with van der Waals surface area (Å²) in [6.07, 6.45) is 1.73. The van der Waals surface area contributed by atoms with E-state index in [0.29, 0.717) is 11.7 Å². The summed E-state index contributed by atoms with van der Waals surface area (Å²) < 4.78 is 10.6. The Labute approximate surface area is 152 Å². The van der Waals surface area contributed by atoms with E-state index in [0.717, 1.165) is 28.3 Å². The van der Waals surface area contributed by atoms with Gasteiger partial charge in [0.05, 0.1) is 6.21 Å². The van der Waals surface area contributed by atoms with Gasteiger partial charge in [0, 0.05) is 26.3 Å². The van der Waals surface area contributed by atoms with Crippen LogP contribution < -0.4 is 25.1 Å². The van der Waals surface area contributed by atoms with Gasteiger partial charge in [-0.15, -0.1) is 0 Å². The van der Waals surface area contributed by atoms with Gasteiger partial charge >= 0.3 is 0 Å². The van der Waals surface area contributed by atoms with E-state index < -0.39 is 0 Å². The Morgan fingerprint density at radius 2 is 1.92 bits per heavy atom. The van der Waals surface area contributed by atoms with Crippen molar-refractivity contribution in [2.45, 2.75) is 6.54 Å². The van der Waals surface area contributed by atoms with Gasteiger partial charge in [-0.25, -0.2) is 0 Å². The van der Waals surface area contributed by atoms with Crippen molar-refractivity contribution in [1.82, 2.24) is 10.7 Å². The quantitative estimate of drug-likeness (QED) is 0.488. The molecule has 0 atom stereocenters. The van der Waals surface area contributed by atoms with Crippen molar-refractivity contribution in [3.8, 4) is 11.5 Å². The Balaban J connectivity index is 1.46. The molecule has 0 amide bonds. The highest BCUT2D eigenvalue weighted by molar-refractivity contribution is 7.80. The number of hydrazone groups is 1. The van der Waals surface area contributed by atoms with E-state index in [1.807, 2.05) is 61.5 Å². The minimum absolute atomic E-state index is 0.274. The first-order valence-electron chi connectivity index (χ1n) is 7.84. The highest BCUT2D eigenvalue weighted by Crippen LogP contribution is 2.32. The number of hydrogen-bond donors (Lipinski definition) is 2. The second-order valence-corrected chi connectivity index (χ2v) is 6.13. The van der Waals surface area contributed by atoms with E-state index in [9.17, 15) is 0 Å². The maximum Gasteiger partial charge on any atom is 0.231 e. The SMILES string of the molecule is CN(C)c1ccc(/C=N\NC(=S)NCc2ccc3c(c2)OCO3)cc1. The molecular weight excluding hydrogens is 336 g/mol. The van der Waals surface area contributed by atoms with E-state index in [1.165, 1.54) is 0 Å². The predicted octanol–water partition coefficient (Wildman–Crippen LogP) is 2.48. The van der Waals surface area contributed by atoms with Gasteiger partial charge in [-0.1, -0.05) is 18.2 Å². The smallest absolute Gasteiger partial charge is 0.231 e. The summed E-state index contributed by atoms with van der Waals surface area (Å²) in [6, 6.07) is 13.9. The first-order valence-corrected chi connectivity index (χ1v) is 8.25. The summed E-state index contributed by atoms with van der Waals surface area (Å²) in [7, 11) is 4.02. The van der Waals surface area contributed by atoms with Crippen LogP contribution in [0.4, 0.5) is 5.69 Å². The van der Waals surface area contributed by atoms with Crippen LogP contribution in [0.15, 0.2) is 47.6 Å². The number of nitrogens with one attached hydrogen (secondary N) is 2. The lowest BCUT2D eigenvalue weighted by atomic mass is 10.2. The average molecular weight is 356 g/mol. The van der Waals surface area contributed by atoms with Gasteiger partial charge < -0.3 is 19.7 Å². The molecule has 25 heavy (non-hydrogen) atoms. The second kappa shape index (κ2) is 7.85. The van der Waals surface area contributed by atoms with Crippen LogP contribution in [0.1, 0.15) is 11.1 Å². The minimum atomic E-state index is 0.274. The van der Waals surface area contributed by atoms with E-state index in [4.69, 9.17) is 21.7 Å². The van der Waals surface area contributed by atoms with Gasteiger partial charge in [-0.05, 0) is 47.6 Å². The lowest BCUT2D eigenvalue weighted by Gasteiger charge is -2.11. The van der Waals surface area contributed by atoms with E-state index in [1.54, 1.807) is 6.21 Å². The monoisotopic (exact) mass is 356 g/mol. The Morgan fingerprint density at radius 1 is 1.16 bits per heavy atom. The minimum Gasteiger partial charge on any atom is -0.454 e. The van der Waals surface area contributed by atoms with Crippen LogP contribution in [-0.4, -0.2) is 32.2 Å². The first kappa shape index (κ1) is 17.0. The molecule has 0 saturated heterocycles. The topological polar surface area (TPSA) is 58.1 Å². The van der Waals surface area contributed by atoms with Crippen LogP contribution in [0.5, 0.6) is 11.5 Å². The number of anilines is 1. The van der Waals surface area contributed by atoms with Gasteiger partial charge in [0.2, 0.25) is 6.79 Å². The number of ether oxygens (including phenoxy) is 2. The van der Waals surface area contributed by atoms with E-state index in [-0.39, 0.29) is 6.79 Å². The van der Waals surface area contributed by atoms with Crippen molar-refractivity contribution in [1.29, 1.82) is 0 Å². The molecule has 130 valence electrons. The normalized spacial score (nSPS) is 12.2. The zero-order chi connectivity index (χ0) is 17.6. The largest absolute Gasteiger partial charge is 0.454 e.